The number of aromatic amines is 1. The van der Waals surface area contributed by atoms with E-state index in [0.29, 0.717) is 16.4 Å². The van der Waals surface area contributed by atoms with E-state index in [1.54, 1.807) is 18.2 Å². The summed E-state index contributed by atoms with van der Waals surface area (Å²) in [6.07, 6.45) is 8.71. The number of hydrogen-bond acceptors (Lipinski definition) is 5. The van der Waals surface area contributed by atoms with Crippen molar-refractivity contribution in [2.75, 3.05) is 13.4 Å². The maximum Gasteiger partial charge on any atom is 0.339 e. The van der Waals surface area contributed by atoms with E-state index in [-0.39, 0.29) is 5.92 Å². The van der Waals surface area contributed by atoms with E-state index in [4.69, 9.17) is 4.74 Å². The summed E-state index contributed by atoms with van der Waals surface area (Å²) in [6, 6.07) is 11.0. The Morgan fingerprint density at radius 3 is 2.53 bits per heavy atom. The summed E-state index contributed by atoms with van der Waals surface area (Å²) in [7, 11) is -1.88. The summed E-state index contributed by atoms with van der Waals surface area (Å²) in [5.74, 6) is 0.345. The summed E-state index contributed by atoms with van der Waals surface area (Å²) in [6.45, 7) is 0. The zero-order valence-electron chi connectivity index (χ0n) is 17.2. The van der Waals surface area contributed by atoms with Crippen LogP contribution >= 0.6 is 0 Å². The Hall–Kier alpha value is -2.67. The van der Waals surface area contributed by atoms with Gasteiger partial charge in [0.2, 0.25) is 0 Å². The number of aromatic nitrogens is 2. The zero-order chi connectivity index (χ0) is 21.3. The molecule has 2 heterocycles. The number of benzene rings is 1. The number of carbonyl (C=O) groups is 1. The smallest absolute Gasteiger partial charge is 0.339 e. The molecule has 1 aliphatic carbocycles. The standard InChI is InChI=1S/C23H26N2O4S/c1-29-23(26)18-12-17-13-21(25-22(17)24-14-18)20(11-15-5-3-4-6-15)16-7-9-19(10-8-16)30(2,27)28/h7-10,12-15,20H,3-6,11H2,1-2H3,(H,24,25)/t20-/m1/s1. The second-order valence-corrected chi connectivity index (χ2v) is 10.2. The first-order chi connectivity index (χ1) is 14.3. The Kier molecular flexibility index (Phi) is 5.64. The van der Waals surface area contributed by atoms with Gasteiger partial charge in [-0.05, 0) is 42.2 Å². The number of esters is 1. The molecule has 0 bridgehead atoms. The molecule has 4 rings (SSSR count). The molecule has 0 radical (unpaired) electrons. The molecule has 1 N–H and O–H groups in total. The van der Waals surface area contributed by atoms with Crippen molar-refractivity contribution in [2.24, 2.45) is 5.92 Å². The van der Waals surface area contributed by atoms with Gasteiger partial charge in [-0.15, -0.1) is 0 Å². The van der Waals surface area contributed by atoms with Gasteiger partial charge in [-0.3, -0.25) is 0 Å². The van der Waals surface area contributed by atoms with Crippen LogP contribution in [0.5, 0.6) is 0 Å². The van der Waals surface area contributed by atoms with Gasteiger partial charge in [0.05, 0.1) is 17.6 Å². The number of H-pyrrole nitrogens is 1. The molecule has 1 aromatic carbocycles. The number of ether oxygens (including phenoxy) is 1. The van der Waals surface area contributed by atoms with Gasteiger partial charge in [-0.25, -0.2) is 18.2 Å². The van der Waals surface area contributed by atoms with Crippen molar-refractivity contribution in [1.29, 1.82) is 0 Å². The van der Waals surface area contributed by atoms with Crippen LogP contribution in [-0.4, -0.2) is 37.7 Å². The molecule has 1 saturated carbocycles. The highest BCUT2D eigenvalue weighted by Crippen LogP contribution is 2.38. The first kappa shape index (κ1) is 20.6. The van der Waals surface area contributed by atoms with Crippen molar-refractivity contribution in [3.63, 3.8) is 0 Å². The van der Waals surface area contributed by atoms with Crippen LogP contribution in [-0.2, 0) is 14.6 Å². The third kappa shape index (κ3) is 4.26. The Balaban J connectivity index is 1.72. The molecule has 0 unspecified atom stereocenters. The number of methoxy groups -OCH3 is 1. The molecular formula is C23H26N2O4S. The highest BCUT2D eigenvalue weighted by molar-refractivity contribution is 7.90. The van der Waals surface area contributed by atoms with Gasteiger partial charge in [0, 0.05) is 29.5 Å². The van der Waals surface area contributed by atoms with Crippen LogP contribution in [0.1, 0.15) is 59.6 Å². The fourth-order valence-corrected chi connectivity index (χ4v) is 5.05. The van der Waals surface area contributed by atoms with Gasteiger partial charge in [-0.2, -0.15) is 0 Å². The molecule has 158 valence electrons. The number of rotatable bonds is 6. The fourth-order valence-electron chi connectivity index (χ4n) is 4.42. The highest BCUT2D eigenvalue weighted by Gasteiger charge is 2.25. The van der Waals surface area contributed by atoms with Gasteiger partial charge in [0.15, 0.2) is 9.84 Å². The predicted molar refractivity (Wildman–Crippen MR) is 115 cm³/mol. The summed E-state index contributed by atoms with van der Waals surface area (Å²) >= 11 is 0. The van der Waals surface area contributed by atoms with Crippen LogP contribution in [0.3, 0.4) is 0 Å². The number of carbonyl (C=O) groups excluding carboxylic acids is 1. The van der Waals surface area contributed by atoms with E-state index in [1.807, 2.05) is 18.2 Å². The maximum absolute atomic E-state index is 11.8. The van der Waals surface area contributed by atoms with E-state index in [9.17, 15) is 13.2 Å². The molecule has 1 fully saturated rings. The first-order valence-corrected chi connectivity index (χ1v) is 12.1. The second-order valence-electron chi connectivity index (χ2n) is 8.16. The minimum atomic E-state index is -3.23. The molecule has 0 spiro atoms. The largest absolute Gasteiger partial charge is 0.465 e. The molecule has 0 saturated heterocycles. The average molecular weight is 427 g/mol. The Labute approximate surface area is 176 Å². The minimum absolute atomic E-state index is 0.109. The van der Waals surface area contributed by atoms with Crippen LogP contribution in [0, 0.1) is 5.92 Å². The summed E-state index contributed by atoms with van der Waals surface area (Å²) in [5.41, 5.74) is 3.25. The van der Waals surface area contributed by atoms with Crippen LogP contribution in [0.15, 0.2) is 47.5 Å². The molecule has 30 heavy (non-hydrogen) atoms. The number of sulfone groups is 1. The average Bonchev–Trinajstić information content (AvgIpc) is 3.39. The number of nitrogens with zero attached hydrogens (tertiary/aromatic N) is 1. The van der Waals surface area contributed by atoms with Crippen LogP contribution in [0.4, 0.5) is 0 Å². The lowest BCUT2D eigenvalue weighted by Crippen LogP contribution is -2.08. The van der Waals surface area contributed by atoms with Crippen molar-refractivity contribution < 1.29 is 17.9 Å². The Morgan fingerprint density at radius 1 is 1.20 bits per heavy atom. The molecule has 7 heteroatoms. The van der Waals surface area contributed by atoms with E-state index >= 15 is 0 Å². The van der Waals surface area contributed by atoms with Crippen molar-refractivity contribution in [3.8, 4) is 0 Å². The predicted octanol–water partition coefficient (Wildman–Crippen LogP) is 4.47. The monoisotopic (exact) mass is 426 g/mol. The lowest BCUT2D eigenvalue weighted by molar-refractivity contribution is 0.0600. The van der Waals surface area contributed by atoms with E-state index in [2.05, 4.69) is 9.97 Å². The molecule has 1 aliphatic rings. The number of nitrogens with one attached hydrogen (secondary N) is 1. The van der Waals surface area contributed by atoms with Gasteiger partial charge in [0.1, 0.15) is 5.65 Å². The maximum atomic E-state index is 11.8. The Morgan fingerprint density at radius 2 is 1.90 bits per heavy atom. The molecular weight excluding hydrogens is 400 g/mol. The van der Waals surface area contributed by atoms with Crippen molar-refractivity contribution in [1.82, 2.24) is 9.97 Å². The molecule has 0 aliphatic heterocycles. The summed E-state index contributed by atoms with van der Waals surface area (Å²) < 4.78 is 28.5. The van der Waals surface area contributed by atoms with Crippen LogP contribution in [0.25, 0.3) is 11.0 Å². The molecule has 6 nitrogen and oxygen atoms in total. The fraction of sp³-hybridized carbons (Fsp3) is 0.391. The van der Waals surface area contributed by atoms with Gasteiger partial charge in [0.25, 0.3) is 0 Å². The van der Waals surface area contributed by atoms with E-state index in [0.717, 1.165) is 28.7 Å². The van der Waals surface area contributed by atoms with E-state index in [1.165, 1.54) is 45.2 Å². The number of pyridine rings is 1. The minimum Gasteiger partial charge on any atom is -0.465 e. The van der Waals surface area contributed by atoms with Gasteiger partial charge in [-0.1, -0.05) is 37.8 Å². The number of fused-ring (bicyclic) bond motifs is 1. The lowest BCUT2D eigenvalue weighted by atomic mass is 9.85. The van der Waals surface area contributed by atoms with Crippen molar-refractivity contribution in [2.45, 2.75) is 42.9 Å². The molecule has 2 aromatic heterocycles. The van der Waals surface area contributed by atoms with Gasteiger partial charge < -0.3 is 9.72 Å². The van der Waals surface area contributed by atoms with Crippen molar-refractivity contribution in [3.05, 3.63) is 59.4 Å². The first-order valence-electron chi connectivity index (χ1n) is 10.2. The summed E-state index contributed by atoms with van der Waals surface area (Å²) in [5, 5.41) is 0.858. The third-order valence-electron chi connectivity index (χ3n) is 6.04. The van der Waals surface area contributed by atoms with Crippen molar-refractivity contribution >= 4 is 26.8 Å². The van der Waals surface area contributed by atoms with Crippen LogP contribution < -0.4 is 0 Å². The third-order valence-corrected chi connectivity index (χ3v) is 7.17. The quantitative estimate of drug-likeness (QED) is 0.588. The highest BCUT2D eigenvalue weighted by atomic mass is 32.2. The molecule has 3 aromatic rings. The normalized spacial score (nSPS) is 16.1. The van der Waals surface area contributed by atoms with Crippen LogP contribution in [0.2, 0.25) is 0 Å². The van der Waals surface area contributed by atoms with Gasteiger partial charge >= 0.3 is 5.97 Å². The SMILES string of the molecule is COC(=O)c1cnc2[nH]c([C@H](CC3CCCC3)c3ccc(S(C)(=O)=O)cc3)cc2c1. The summed E-state index contributed by atoms with van der Waals surface area (Å²) in [4.78, 5) is 20.0. The topological polar surface area (TPSA) is 89.1 Å². The van der Waals surface area contributed by atoms with E-state index < -0.39 is 15.8 Å². The molecule has 0 amide bonds. The zero-order valence-corrected chi connectivity index (χ0v) is 18.0. The second kappa shape index (κ2) is 8.22. The Bertz CT molecular complexity index is 1160. The molecule has 1 atom stereocenters. The lowest BCUT2D eigenvalue weighted by Gasteiger charge is -2.20. The number of hydrogen-bond donors (Lipinski definition) is 1.